The van der Waals surface area contributed by atoms with Gasteiger partial charge in [0.25, 0.3) is 0 Å². The van der Waals surface area contributed by atoms with Gasteiger partial charge in [-0.05, 0) is 79.0 Å². The predicted molar refractivity (Wildman–Crippen MR) is 148 cm³/mol. The molecule has 2 aliphatic heterocycles. The van der Waals surface area contributed by atoms with Crippen molar-refractivity contribution in [2.45, 2.75) is 31.0 Å². The molecule has 2 aromatic carbocycles. The van der Waals surface area contributed by atoms with E-state index in [9.17, 15) is 18.0 Å². The fraction of sp³-hybridized carbons (Fsp3) is 0.310. The molecule has 3 heterocycles. The second-order valence-corrected chi connectivity index (χ2v) is 10.8. The Balaban J connectivity index is 1.33. The minimum Gasteiger partial charge on any atom is -0.334 e. The Labute approximate surface area is 235 Å². The van der Waals surface area contributed by atoms with Crippen molar-refractivity contribution < 1.29 is 18.0 Å². The molecule has 2 amide bonds. The van der Waals surface area contributed by atoms with Gasteiger partial charge in [-0.25, -0.2) is 9.78 Å². The summed E-state index contributed by atoms with van der Waals surface area (Å²) >= 11 is 11.9. The molecule has 2 aliphatic rings. The number of likely N-dealkylation sites (tertiary alicyclic amines) is 1. The van der Waals surface area contributed by atoms with Crippen LogP contribution in [0.5, 0.6) is 0 Å². The van der Waals surface area contributed by atoms with Gasteiger partial charge in [0.05, 0.1) is 5.56 Å². The van der Waals surface area contributed by atoms with E-state index >= 15 is 0 Å². The van der Waals surface area contributed by atoms with Crippen molar-refractivity contribution in [2.75, 3.05) is 31.1 Å². The highest BCUT2D eigenvalue weighted by molar-refractivity contribution is 6.30. The van der Waals surface area contributed by atoms with Gasteiger partial charge in [0, 0.05) is 42.0 Å². The highest BCUT2D eigenvalue weighted by Gasteiger charge is 2.51. The van der Waals surface area contributed by atoms with Gasteiger partial charge in [-0.3, -0.25) is 9.80 Å². The van der Waals surface area contributed by atoms with Crippen molar-refractivity contribution in [2.24, 2.45) is 0 Å². The number of carbonyl (C=O) groups excluding carboxylic acids is 1. The minimum absolute atomic E-state index is 0.187. The Morgan fingerprint density at radius 1 is 1.08 bits per heavy atom. The number of carbonyl (C=O) groups is 1. The third kappa shape index (κ3) is 6.08. The molecule has 5 rings (SSSR count). The van der Waals surface area contributed by atoms with Crippen LogP contribution in [0.1, 0.15) is 35.1 Å². The van der Waals surface area contributed by atoms with Crippen molar-refractivity contribution in [3.05, 3.63) is 99.3 Å². The van der Waals surface area contributed by atoms with E-state index < -0.39 is 23.2 Å². The van der Waals surface area contributed by atoms with Gasteiger partial charge in [-0.15, -0.1) is 0 Å². The van der Waals surface area contributed by atoms with Crippen LogP contribution >= 0.6 is 23.2 Å². The lowest BCUT2D eigenvalue weighted by Crippen LogP contribution is -2.48. The fourth-order valence-corrected chi connectivity index (χ4v) is 5.84. The molecular weight excluding hydrogens is 548 g/mol. The number of urea groups is 1. The number of rotatable bonds is 5. The number of nitrogens with one attached hydrogen (secondary N) is 1. The molecule has 5 nitrogen and oxygen atoms in total. The summed E-state index contributed by atoms with van der Waals surface area (Å²) in [6.07, 6.45) is 2.12. The quantitative estimate of drug-likeness (QED) is 0.328. The number of fused-ring (bicyclic) bond motifs is 2. The summed E-state index contributed by atoms with van der Waals surface area (Å²) in [7, 11) is 0. The molecule has 1 saturated heterocycles. The summed E-state index contributed by atoms with van der Waals surface area (Å²) in [5.74, 6) is 0. The predicted octanol–water partition coefficient (Wildman–Crippen LogP) is 7.18. The van der Waals surface area contributed by atoms with E-state index in [1.165, 1.54) is 17.2 Å². The molecule has 10 heteroatoms. The summed E-state index contributed by atoms with van der Waals surface area (Å²) < 4.78 is 42.5. The van der Waals surface area contributed by atoms with Crippen LogP contribution in [-0.2, 0) is 18.1 Å². The van der Waals surface area contributed by atoms with Gasteiger partial charge in [0.2, 0.25) is 0 Å². The van der Waals surface area contributed by atoms with Crippen LogP contribution in [0.25, 0.3) is 6.08 Å². The van der Waals surface area contributed by atoms with Crippen LogP contribution in [0, 0.1) is 0 Å². The van der Waals surface area contributed by atoms with Gasteiger partial charge in [0.15, 0.2) is 0 Å². The van der Waals surface area contributed by atoms with Gasteiger partial charge in [0.1, 0.15) is 5.15 Å². The number of benzene rings is 2. The Morgan fingerprint density at radius 2 is 1.82 bits per heavy atom. The summed E-state index contributed by atoms with van der Waals surface area (Å²) in [6, 6.07) is 14.6. The molecule has 204 valence electrons. The van der Waals surface area contributed by atoms with Gasteiger partial charge in [-0.2, -0.15) is 13.2 Å². The van der Waals surface area contributed by atoms with Crippen molar-refractivity contribution in [1.82, 2.24) is 15.2 Å². The zero-order valence-electron chi connectivity index (χ0n) is 21.0. The van der Waals surface area contributed by atoms with E-state index in [0.717, 1.165) is 17.2 Å². The van der Waals surface area contributed by atoms with Crippen molar-refractivity contribution in [3.63, 3.8) is 0 Å². The summed E-state index contributed by atoms with van der Waals surface area (Å²) in [6.45, 7) is 2.33. The monoisotopic (exact) mass is 574 g/mol. The van der Waals surface area contributed by atoms with Crippen LogP contribution in [-0.4, -0.2) is 42.1 Å². The first kappa shape index (κ1) is 27.5. The number of hydrogen-bond donors (Lipinski definition) is 1. The maximum absolute atomic E-state index is 14.2. The van der Waals surface area contributed by atoms with Crippen LogP contribution in [0.4, 0.5) is 23.7 Å². The lowest BCUT2D eigenvalue weighted by molar-refractivity contribution is -0.138. The lowest BCUT2D eigenvalue weighted by Gasteiger charge is -2.40. The second-order valence-electron chi connectivity index (χ2n) is 9.96. The van der Waals surface area contributed by atoms with Crippen molar-refractivity contribution in [3.8, 4) is 0 Å². The van der Waals surface area contributed by atoms with E-state index in [1.807, 2.05) is 30.3 Å². The summed E-state index contributed by atoms with van der Waals surface area (Å²) in [4.78, 5) is 20.9. The Hall–Kier alpha value is -3.07. The highest BCUT2D eigenvalue weighted by Crippen LogP contribution is 2.51. The maximum atomic E-state index is 14.2. The third-order valence-electron chi connectivity index (χ3n) is 7.47. The van der Waals surface area contributed by atoms with Crippen LogP contribution in [0.3, 0.4) is 0 Å². The van der Waals surface area contributed by atoms with E-state index in [2.05, 4.69) is 21.3 Å². The zero-order chi connectivity index (χ0) is 27.6. The number of halogens is 5. The molecule has 3 aromatic rings. The standard InChI is InChI=1S/C29H27Cl2F3N4O/c30-22-8-6-20(7-9-22)3-2-14-37-15-11-28(12-16-37)19-38(24-5-1-4-23(26(24)28)29(32,33)34)27(39)36-18-21-10-13-35-25(31)17-21/h1-10,13,17H,11-12,14-16,18-19H2,(H,36,39). The molecule has 0 atom stereocenters. The number of pyridine rings is 1. The fourth-order valence-electron chi connectivity index (χ4n) is 5.52. The third-order valence-corrected chi connectivity index (χ3v) is 7.93. The van der Waals surface area contributed by atoms with E-state index in [4.69, 9.17) is 23.2 Å². The number of nitrogens with zero attached hydrogens (tertiary/aromatic N) is 3. The van der Waals surface area contributed by atoms with Gasteiger partial charge >= 0.3 is 12.2 Å². The van der Waals surface area contributed by atoms with Crippen molar-refractivity contribution in [1.29, 1.82) is 0 Å². The first-order valence-corrected chi connectivity index (χ1v) is 13.4. The molecule has 0 bridgehead atoms. The van der Waals surface area contributed by atoms with Gasteiger partial charge < -0.3 is 5.32 Å². The molecule has 0 saturated carbocycles. The number of anilines is 1. The zero-order valence-corrected chi connectivity index (χ0v) is 22.5. The maximum Gasteiger partial charge on any atom is 0.416 e. The molecule has 1 N–H and O–H groups in total. The molecule has 0 unspecified atom stereocenters. The molecule has 1 aromatic heterocycles. The van der Waals surface area contributed by atoms with Crippen LogP contribution in [0.15, 0.2) is 66.9 Å². The van der Waals surface area contributed by atoms with E-state index in [1.54, 1.807) is 18.2 Å². The molecule has 39 heavy (non-hydrogen) atoms. The van der Waals surface area contributed by atoms with Gasteiger partial charge in [-0.1, -0.05) is 53.6 Å². The normalized spacial score (nSPS) is 17.1. The molecule has 0 radical (unpaired) electrons. The van der Waals surface area contributed by atoms with E-state index in [-0.39, 0.29) is 18.7 Å². The Kier molecular flexibility index (Phi) is 7.89. The number of alkyl halides is 3. The SMILES string of the molecule is O=C(NCc1ccnc(Cl)c1)N1CC2(CCN(CC=Cc3ccc(Cl)cc3)CC2)c2c1cccc2C(F)(F)F. The van der Waals surface area contributed by atoms with E-state index in [0.29, 0.717) is 48.3 Å². The number of amides is 2. The summed E-state index contributed by atoms with van der Waals surface area (Å²) in [5, 5.41) is 3.81. The highest BCUT2D eigenvalue weighted by atomic mass is 35.5. The minimum atomic E-state index is -4.52. The topological polar surface area (TPSA) is 48.5 Å². The first-order valence-electron chi connectivity index (χ1n) is 12.7. The number of hydrogen-bond acceptors (Lipinski definition) is 3. The Morgan fingerprint density at radius 3 is 2.51 bits per heavy atom. The molecular formula is C29H27Cl2F3N4O. The summed E-state index contributed by atoms with van der Waals surface area (Å²) in [5.41, 5.74) is 0.911. The molecule has 0 aliphatic carbocycles. The molecule has 1 spiro atoms. The average molecular weight is 575 g/mol. The van der Waals surface area contributed by atoms with Crippen LogP contribution < -0.4 is 10.2 Å². The second kappa shape index (κ2) is 11.2. The molecule has 1 fully saturated rings. The number of piperidine rings is 1. The first-order chi connectivity index (χ1) is 18.6. The van der Waals surface area contributed by atoms with Crippen LogP contribution in [0.2, 0.25) is 10.2 Å². The number of aromatic nitrogens is 1. The average Bonchev–Trinajstić information content (AvgIpc) is 3.23. The lowest BCUT2D eigenvalue weighted by atomic mass is 9.72. The smallest absolute Gasteiger partial charge is 0.334 e. The largest absolute Gasteiger partial charge is 0.416 e. The van der Waals surface area contributed by atoms with Crippen molar-refractivity contribution >= 4 is 41.0 Å². The Bertz CT molecular complexity index is 1370.